The molecule has 2 fully saturated rings. The number of nitrogens with zero attached hydrogens (tertiary/aromatic N) is 2. The number of hydrogen-bond acceptors (Lipinski definition) is 3. The summed E-state index contributed by atoms with van der Waals surface area (Å²) in [6.45, 7) is 3.84. The standard InChI is InChI=1S/C8H17N3/c1-9-11-7-3-6-10-5-2-4-8(10)11/h8-9H,2-7H2,1H3. The maximum Gasteiger partial charge on any atom is 0.0758 e. The molecule has 3 nitrogen and oxygen atoms in total. The van der Waals surface area contributed by atoms with Gasteiger partial charge in [0.05, 0.1) is 6.17 Å². The first-order valence-electron chi connectivity index (χ1n) is 4.60. The second-order valence-corrected chi connectivity index (χ2v) is 3.43. The zero-order valence-corrected chi connectivity index (χ0v) is 7.21. The molecule has 0 aromatic rings. The molecule has 1 unspecified atom stereocenters. The molecule has 1 atom stereocenters. The molecule has 0 radical (unpaired) electrons. The lowest BCUT2D eigenvalue weighted by Crippen LogP contribution is -2.54. The Morgan fingerprint density at radius 3 is 2.82 bits per heavy atom. The van der Waals surface area contributed by atoms with Crippen molar-refractivity contribution in [2.45, 2.75) is 25.4 Å². The second-order valence-electron chi connectivity index (χ2n) is 3.43. The van der Waals surface area contributed by atoms with Gasteiger partial charge >= 0.3 is 0 Å². The van der Waals surface area contributed by atoms with Gasteiger partial charge in [0, 0.05) is 13.1 Å². The van der Waals surface area contributed by atoms with Crippen LogP contribution >= 0.6 is 0 Å². The van der Waals surface area contributed by atoms with E-state index < -0.39 is 0 Å². The third-order valence-electron chi connectivity index (χ3n) is 2.82. The third-order valence-corrected chi connectivity index (χ3v) is 2.82. The second kappa shape index (κ2) is 3.09. The predicted octanol–water partition coefficient (Wildman–Crippen LogP) is 0.248. The molecule has 11 heavy (non-hydrogen) atoms. The molecule has 1 N–H and O–H groups in total. The summed E-state index contributed by atoms with van der Waals surface area (Å²) in [6.07, 6.45) is 4.75. The summed E-state index contributed by atoms with van der Waals surface area (Å²) in [6, 6.07) is 0. The van der Waals surface area contributed by atoms with Crippen molar-refractivity contribution in [2.24, 2.45) is 0 Å². The summed E-state index contributed by atoms with van der Waals surface area (Å²) in [4.78, 5) is 2.58. The van der Waals surface area contributed by atoms with Gasteiger partial charge in [0.2, 0.25) is 0 Å². The highest BCUT2D eigenvalue weighted by Crippen LogP contribution is 2.22. The minimum Gasteiger partial charge on any atom is -0.287 e. The van der Waals surface area contributed by atoms with Gasteiger partial charge < -0.3 is 0 Å². The highest BCUT2D eigenvalue weighted by Gasteiger charge is 2.31. The van der Waals surface area contributed by atoms with E-state index in [1.54, 1.807) is 0 Å². The summed E-state index contributed by atoms with van der Waals surface area (Å²) in [5.74, 6) is 0. The van der Waals surface area contributed by atoms with Crippen LogP contribution in [-0.2, 0) is 0 Å². The minimum atomic E-state index is 0.703. The van der Waals surface area contributed by atoms with Crippen molar-refractivity contribution in [3.63, 3.8) is 0 Å². The molecule has 0 aromatic heterocycles. The molecule has 0 aromatic carbocycles. The minimum absolute atomic E-state index is 0.703. The molecule has 3 heteroatoms. The van der Waals surface area contributed by atoms with Crippen molar-refractivity contribution in [3.05, 3.63) is 0 Å². The molecule has 0 saturated carbocycles. The van der Waals surface area contributed by atoms with Gasteiger partial charge in [-0.05, 0) is 32.9 Å². The molecule has 2 heterocycles. The number of hydrogen-bond donors (Lipinski definition) is 1. The van der Waals surface area contributed by atoms with Crippen LogP contribution in [0.1, 0.15) is 19.3 Å². The molecule has 2 saturated heterocycles. The van der Waals surface area contributed by atoms with Gasteiger partial charge in [-0.2, -0.15) is 0 Å². The molecule has 0 spiro atoms. The van der Waals surface area contributed by atoms with E-state index in [-0.39, 0.29) is 0 Å². The van der Waals surface area contributed by atoms with Gasteiger partial charge in [-0.3, -0.25) is 10.3 Å². The third kappa shape index (κ3) is 1.28. The maximum atomic E-state index is 3.27. The van der Waals surface area contributed by atoms with E-state index >= 15 is 0 Å². The fourth-order valence-corrected chi connectivity index (χ4v) is 2.28. The van der Waals surface area contributed by atoms with Crippen molar-refractivity contribution >= 4 is 0 Å². The Labute approximate surface area is 68.3 Å². The Morgan fingerprint density at radius 1 is 1.18 bits per heavy atom. The Balaban J connectivity index is 2.00. The van der Waals surface area contributed by atoms with Crippen LogP contribution in [0.3, 0.4) is 0 Å². The van der Waals surface area contributed by atoms with Crippen LogP contribution in [0.5, 0.6) is 0 Å². The average molecular weight is 155 g/mol. The molecule has 0 aliphatic carbocycles. The lowest BCUT2D eigenvalue weighted by molar-refractivity contribution is 0.00252. The smallest absolute Gasteiger partial charge is 0.0758 e. The van der Waals surface area contributed by atoms with Gasteiger partial charge in [0.15, 0.2) is 0 Å². The summed E-state index contributed by atoms with van der Waals surface area (Å²) in [5, 5.41) is 2.37. The quantitative estimate of drug-likeness (QED) is 0.585. The van der Waals surface area contributed by atoms with E-state index in [0.29, 0.717) is 6.17 Å². The summed E-state index contributed by atoms with van der Waals surface area (Å²) >= 11 is 0. The van der Waals surface area contributed by atoms with Gasteiger partial charge in [0.1, 0.15) is 0 Å². The lowest BCUT2D eigenvalue weighted by Gasteiger charge is -2.39. The van der Waals surface area contributed by atoms with E-state index in [0.717, 1.165) is 0 Å². The van der Waals surface area contributed by atoms with Crippen LogP contribution in [0.15, 0.2) is 0 Å². The first-order chi connectivity index (χ1) is 5.42. The molecule has 64 valence electrons. The first kappa shape index (κ1) is 7.53. The molecule has 0 bridgehead atoms. The molecular weight excluding hydrogens is 138 g/mol. The van der Waals surface area contributed by atoms with Crippen molar-refractivity contribution in [1.82, 2.24) is 15.3 Å². The van der Waals surface area contributed by atoms with Gasteiger partial charge in [0.25, 0.3) is 0 Å². The fourth-order valence-electron chi connectivity index (χ4n) is 2.28. The van der Waals surface area contributed by atoms with E-state index in [1.165, 1.54) is 38.9 Å². The van der Waals surface area contributed by atoms with Crippen molar-refractivity contribution in [3.8, 4) is 0 Å². The first-order valence-corrected chi connectivity index (χ1v) is 4.60. The Kier molecular flexibility index (Phi) is 2.11. The number of nitrogens with one attached hydrogen (secondary N) is 1. The van der Waals surface area contributed by atoms with E-state index in [9.17, 15) is 0 Å². The average Bonchev–Trinajstić information content (AvgIpc) is 2.50. The molecule has 2 aliphatic rings. The van der Waals surface area contributed by atoms with Gasteiger partial charge in [-0.25, -0.2) is 5.01 Å². The maximum absolute atomic E-state index is 3.27. The van der Waals surface area contributed by atoms with Crippen LogP contribution in [0.4, 0.5) is 0 Å². The number of hydrazine groups is 1. The Morgan fingerprint density at radius 2 is 2.00 bits per heavy atom. The molecule has 2 rings (SSSR count). The summed E-state index contributed by atoms with van der Waals surface area (Å²) < 4.78 is 0. The summed E-state index contributed by atoms with van der Waals surface area (Å²) in [7, 11) is 2.03. The molecule has 2 aliphatic heterocycles. The zero-order valence-electron chi connectivity index (χ0n) is 7.21. The normalized spacial score (nSPS) is 34.1. The SMILES string of the molecule is CNN1CCCN2CCCC21. The Hall–Kier alpha value is -0.120. The van der Waals surface area contributed by atoms with Crippen molar-refractivity contribution in [1.29, 1.82) is 0 Å². The monoisotopic (exact) mass is 155 g/mol. The lowest BCUT2D eigenvalue weighted by atomic mass is 10.2. The van der Waals surface area contributed by atoms with Gasteiger partial charge in [-0.15, -0.1) is 0 Å². The predicted molar refractivity (Wildman–Crippen MR) is 45.0 cm³/mol. The highest BCUT2D eigenvalue weighted by molar-refractivity contribution is 4.81. The fraction of sp³-hybridized carbons (Fsp3) is 1.00. The van der Waals surface area contributed by atoms with Crippen LogP contribution in [0.25, 0.3) is 0 Å². The van der Waals surface area contributed by atoms with Crippen LogP contribution in [0.2, 0.25) is 0 Å². The van der Waals surface area contributed by atoms with E-state index in [2.05, 4.69) is 15.3 Å². The molecular formula is C8H17N3. The van der Waals surface area contributed by atoms with Gasteiger partial charge in [-0.1, -0.05) is 0 Å². The largest absolute Gasteiger partial charge is 0.287 e. The zero-order chi connectivity index (χ0) is 7.68. The molecule has 0 amide bonds. The van der Waals surface area contributed by atoms with Crippen LogP contribution < -0.4 is 5.43 Å². The van der Waals surface area contributed by atoms with E-state index in [4.69, 9.17) is 0 Å². The van der Waals surface area contributed by atoms with E-state index in [1.807, 2.05) is 7.05 Å². The topological polar surface area (TPSA) is 18.5 Å². The number of fused-ring (bicyclic) bond motifs is 1. The van der Waals surface area contributed by atoms with Crippen LogP contribution in [-0.4, -0.2) is 42.8 Å². The number of rotatable bonds is 1. The highest BCUT2D eigenvalue weighted by atomic mass is 15.6. The van der Waals surface area contributed by atoms with Crippen molar-refractivity contribution < 1.29 is 0 Å². The van der Waals surface area contributed by atoms with Crippen molar-refractivity contribution in [2.75, 3.05) is 26.7 Å². The summed E-state index contributed by atoms with van der Waals surface area (Å²) in [5.41, 5.74) is 3.27. The Bertz CT molecular complexity index is 137. The van der Waals surface area contributed by atoms with Crippen LogP contribution in [0, 0.1) is 0 Å².